The Morgan fingerprint density at radius 3 is 2.57 bits per heavy atom. The number of nitrogens with one attached hydrogen (secondary N) is 1. The number of aromatic nitrogens is 2. The highest BCUT2D eigenvalue weighted by atomic mass is 35.5. The molecule has 0 unspecified atom stereocenters. The van der Waals surface area contributed by atoms with Gasteiger partial charge >= 0.3 is 0 Å². The largest absolute Gasteiger partial charge is 0.495 e. The molecule has 0 bridgehead atoms. The highest BCUT2D eigenvalue weighted by Crippen LogP contribution is 2.35. The van der Waals surface area contributed by atoms with Crippen molar-refractivity contribution in [3.8, 4) is 22.1 Å². The molecule has 0 fully saturated rings. The highest BCUT2D eigenvalue weighted by molar-refractivity contribution is 7.15. The maximum atomic E-state index is 12.5. The van der Waals surface area contributed by atoms with Crippen LogP contribution in [0.25, 0.3) is 10.6 Å². The van der Waals surface area contributed by atoms with Gasteiger partial charge in [-0.25, -0.2) is 4.68 Å². The number of hydrogen-bond donors (Lipinski definition) is 1. The minimum absolute atomic E-state index is 0.245. The number of nitrogens with zero attached hydrogens (tertiary/aromatic N) is 2. The molecule has 0 aliphatic rings. The normalized spacial score (nSPS) is 10.6. The van der Waals surface area contributed by atoms with E-state index in [1.165, 1.54) is 20.3 Å². The molecular formula is C19H18ClN3O4S. The lowest BCUT2D eigenvalue weighted by Gasteiger charge is -2.13. The zero-order valence-electron chi connectivity index (χ0n) is 15.5. The van der Waals surface area contributed by atoms with Gasteiger partial charge in [0, 0.05) is 23.1 Å². The van der Waals surface area contributed by atoms with Crippen LogP contribution in [0.1, 0.15) is 4.88 Å². The molecule has 0 radical (unpaired) electrons. The summed E-state index contributed by atoms with van der Waals surface area (Å²) < 4.78 is 11.5. The van der Waals surface area contributed by atoms with Crippen molar-refractivity contribution in [1.29, 1.82) is 0 Å². The van der Waals surface area contributed by atoms with E-state index in [0.717, 1.165) is 14.4 Å². The van der Waals surface area contributed by atoms with E-state index in [0.29, 0.717) is 27.9 Å². The van der Waals surface area contributed by atoms with Gasteiger partial charge in [0.2, 0.25) is 5.91 Å². The summed E-state index contributed by atoms with van der Waals surface area (Å²) >= 11 is 7.64. The first kappa shape index (κ1) is 19.9. The molecule has 146 valence electrons. The fraction of sp³-hybridized carbons (Fsp3) is 0.211. The lowest BCUT2D eigenvalue weighted by atomic mass is 10.2. The molecule has 7 nitrogen and oxygen atoms in total. The van der Waals surface area contributed by atoms with Crippen LogP contribution in [0.2, 0.25) is 5.02 Å². The number of anilines is 1. The van der Waals surface area contributed by atoms with E-state index in [9.17, 15) is 9.59 Å². The summed E-state index contributed by atoms with van der Waals surface area (Å²) in [5.74, 6) is 0.335. The van der Waals surface area contributed by atoms with Gasteiger partial charge in [-0.05, 0) is 25.1 Å². The second-order valence-electron chi connectivity index (χ2n) is 5.86. The molecule has 3 rings (SSSR count). The van der Waals surface area contributed by atoms with E-state index in [1.54, 1.807) is 29.5 Å². The summed E-state index contributed by atoms with van der Waals surface area (Å²) in [4.78, 5) is 26.7. The van der Waals surface area contributed by atoms with Gasteiger partial charge in [-0.2, -0.15) is 5.10 Å². The summed E-state index contributed by atoms with van der Waals surface area (Å²) in [6, 6.07) is 10.1. The van der Waals surface area contributed by atoms with E-state index < -0.39 is 5.91 Å². The Hall–Kier alpha value is -2.84. The van der Waals surface area contributed by atoms with Crippen LogP contribution >= 0.6 is 22.9 Å². The third-order valence-corrected chi connectivity index (χ3v) is 5.22. The molecule has 0 aliphatic heterocycles. The molecular weight excluding hydrogens is 402 g/mol. The number of carbonyl (C=O) groups is 1. The van der Waals surface area contributed by atoms with Crippen molar-refractivity contribution in [2.75, 3.05) is 19.5 Å². The summed E-state index contributed by atoms with van der Waals surface area (Å²) in [5, 5.41) is 7.36. The number of carbonyl (C=O) groups excluding carboxylic acids is 1. The van der Waals surface area contributed by atoms with E-state index in [4.69, 9.17) is 21.1 Å². The van der Waals surface area contributed by atoms with Gasteiger partial charge < -0.3 is 14.8 Å². The van der Waals surface area contributed by atoms with Gasteiger partial charge in [0.05, 0.1) is 29.8 Å². The number of aryl methyl sites for hydroxylation is 1. The SMILES string of the molecule is COc1cc(NC(=O)Cn2nc(-c3ccc(C)s3)ccc2=O)c(OC)cc1Cl. The van der Waals surface area contributed by atoms with Crippen molar-refractivity contribution in [2.24, 2.45) is 0 Å². The number of halogens is 1. The Balaban J connectivity index is 1.83. The van der Waals surface area contributed by atoms with Gasteiger partial charge in [0.25, 0.3) is 5.56 Å². The predicted molar refractivity (Wildman–Crippen MR) is 110 cm³/mol. The minimum atomic E-state index is -0.434. The molecule has 0 aliphatic carbocycles. The quantitative estimate of drug-likeness (QED) is 0.660. The van der Waals surface area contributed by atoms with E-state index in [1.807, 2.05) is 19.1 Å². The monoisotopic (exact) mass is 419 g/mol. The summed E-state index contributed by atoms with van der Waals surface area (Å²) in [7, 11) is 2.94. The zero-order valence-corrected chi connectivity index (χ0v) is 17.1. The standard InChI is InChI=1S/C19H18ClN3O4S/c1-11-4-6-17(28-11)13-5-7-19(25)23(22-13)10-18(24)21-14-9-15(26-2)12(20)8-16(14)27-3/h4-9H,10H2,1-3H3,(H,21,24). The first-order chi connectivity index (χ1) is 13.4. The fourth-order valence-electron chi connectivity index (χ4n) is 2.55. The van der Waals surface area contributed by atoms with E-state index in [-0.39, 0.29) is 12.1 Å². The smallest absolute Gasteiger partial charge is 0.267 e. The van der Waals surface area contributed by atoms with E-state index in [2.05, 4.69) is 10.4 Å². The highest BCUT2D eigenvalue weighted by Gasteiger charge is 2.14. The molecule has 0 saturated carbocycles. The third-order valence-electron chi connectivity index (χ3n) is 3.90. The van der Waals surface area contributed by atoms with Gasteiger partial charge in [-0.1, -0.05) is 11.6 Å². The summed E-state index contributed by atoms with van der Waals surface area (Å²) in [5.41, 5.74) is 0.649. The first-order valence-electron chi connectivity index (χ1n) is 8.27. The molecule has 1 amide bonds. The Morgan fingerprint density at radius 1 is 1.18 bits per heavy atom. The number of ether oxygens (including phenoxy) is 2. The summed E-state index contributed by atoms with van der Waals surface area (Å²) in [6.07, 6.45) is 0. The van der Waals surface area contributed by atoms with E-state index >= 15 is 0 Å². The Labute approximate surface area is 170 Å². The van der Waals surface area contributed by atoms with Crippen LogP contribution in [-0.4, -0.2) is 29.9 Å². The number of rotatable bonds is 6. The van der Waals surface area contributed by atoms with Crippen molar-refractivity contribution >= 4 is 34.5 Å². The van der Waals surface area contributed by atoms with Crippen LogP contribution in [-0.2, 0) is 11.3 Å². The van der Waals surface area contributed by atoms with Crippen LogP contribution < -0.4 is 20.3 Å². The number of hydrogen-bond acceptors (Lipinski definition) is 6. The average molecular weight is 420 g/mol. The van der Waals surface area contributed by atoms with Crippen molar-refractivity contribution in [3.63, 3.8) is 0 Å². The topological polar surface area (TPSA) is 82.5 Å². The Morgan fingerprint density at radius 2 is 1.93 bits per heavy atom. The molecule has 0 saturated heterocycles. The first-order valence-corrected chi connectivity index (χ1v) is 9.47. The van der Waals surface area contributed by atoms with Crippen LogP contribution in [0.15, 0.2) is 41.2 Å². The van der Waals surface area contributed by atoms with Crippen LogP contribution in [0.5, 0.6) is 11.5 Å². The van der Waals surface area contributed by atoms with Gasteiger partial charge in [0.15, 0.2) is 0 Å². The number of thiophene rings is 1. The number of benzene rings is 1. The minimum Gasteiger partial charge on any atom is -0.495 e. The Bertz CT molecular complexity index is 1080. The van der Waals surface area contributed by atoms with Crippen molar-refractivity contribution in [3.05, 3.63) is 56.7 Å². The Kier molecular flexibility index (Phi) is 6.01. The van der Waals surface area contributed by atoms with Crippen LogP contribution in [0.4, 0.5) is 5.69 Å². The molecule has 0 spiro atoms. The van der Waals surface area contributed by atoms with Crippen LogP contribution in [0.3, 0.4) is 0 Å². The molecule has 2 aromatic heterocycles. The zero-order chi connectivity index (χ0) is 20.3. The average Bonchev–Trinajstić information content (AvgIpc) is 3.11. The second kappa shape index (κ2) is 8.45. The molecule has 1 aromatic carbocycles. The maximum Gasteiger partial charge on any atom is 0.267 e. The maximum absolute atomic E-state index is 12.5. The van der Waals surface area contributed by atoms with Gasteiger partial charge in [0.1, 0.15) is 23.7 Å². The number of amides is 1. The lowest BCUT2D eigenvalue weighted by Crippen LogP contribution is -2.29. The lowest BCUT2D eigenvalue weighted by molar-refractivity contribution is -0.117. The molecule has 28 heavy (non-hydrogen) atoms. The van der Waals surface area contributed by atoms with Gasteiger partial charge in [-0.15, -0.1) is 11.3 Å². The second-order valence-corrected chi connectivity index (χ2v) is 7.56. The molecule has 1 N–H and O–H groups in total. The molecule has 9 heteroatoms. The molecule has 3 aromatic rings. The third kappa shape index (κ3) is 4.35. The number of methoxy groups -OCH3 is 2. The van der Waals surface area contributed by atoms with Crippen molar-refractivity contribution in [1.82, 2.24) is 9.78 Å². The molecule has 2 heterocycles. The molecule has 0 atom stereocenters. The summed E-state index contributed by atoms with van der Waals surface area (Å²) in [6.45, 7) is 1.75. The van der Waals surface area contributed by atoms with Gasteiger partial charge in [-0.3, -0.25) is 9.59 Å². The van der Waals surface area contributed by atoms with Crippen LogP contribution in [0, 0.1) is 6.92 Å². The van der Waals surface area contributed by atoms with Crippen molar-refractivity contribution < 1.29 is 14.3 Å². The fourth-order valence-corrected chi connectivity index (χ4v) is 3.61. The van der Waals surface area contributed by atoms with Crippen molar-refractivity contribution in [2.45, 2.75) is 13.5 Å². The predicted octanol–water partition coefficient (Wildman–Crippen LogP) is 3.59.